The molecule has 1 saturated carbocycles. The first-order chi connectivity index (χ1) is 7.73. The molecule has 0 aromatic carbocycles. The van der Waals surface area contributed by atoms with Crippen LogP contribution in [0.3, 0.4) is 0 Å². The van der Waals surface area contributed by atoms with Gasteiger partial charge in [-0.15, -0.1) is 10.2 Å². The third kappa shape index (κ3) is 2.20. The molecule has 1 aliphatic carbocycles. The van der Waals surface area contributed by atoms with Gasteiger partial charge in [0.05, 0.1) is 0 Å². The summed E-state index contributed by atoms with van der Waals surface area (Å²) in [5.41, 5.74) is 0.133. The maximum absolute atomic E-state index is 11.3. The number of hydrogen-bond donors (Lipinski definition) is 0. The van der Waals surface area contributed by atoms with Crippen LogP contribution in [-0.4, -0.2) is 23.2 Å². The topological polar surface area (TPSA) is 64.8 Å². The van der Waals surface area contributed by atoms with Crippen LogP contribution in [0.25, 0.3) is 0 Å². The molecule has 0 aliphatic heterocycles. The first-order valence-electron chi connectivity index (χ1n) is 5.57. The van der Waals surface area contributed by atoms with E-state index in [-0.39, 0.29) is 16.5 Å². The van der Waals surface area contributed by atoms with Crippen molar-refractivity contribution in [2.24, 2.45) is 12.5 Å². The molecule has 0 bridgehead atoms. The Kier molecular flexibility index (Phi) is 2.98. The SMILES string of the molecule is Cn1c(C2CCCC2(C)C)nnc1S(=O)(=O)Cl. The van der Waals surface area contributed by atoms with Crippen molar-refractivity contribution >= 4 is 19.7 Å². The molecule has 1 aromatic rings. The van der Waals surface area contributed by atoms with Crippen LogP contribution in [0.15, 0.2) is 5.16 Å². The van der Waals surface area contributed by atoms with Crippen molar-refractivity contribution in [1.82, 2.24) is 14.8 Å². The molecule has 0 radical (unpaired) electrons. The van der Waals surface area contributed by atoms with E-state index in [2.05, 4.69) is 24.0 Å². The van der Waals surface area contributed by atoms with Gasteiger partial charge in [-0.2, -0.15) is 0 Å². The Morgan fingerprint density at radius 3 is 2.47 bits per heavy atom. The number of hydrogen-bond acceptors (Lipinski definition) is 4. The van der Waals surface area contributed by atoms with Crippen molar-refractivity contribution in [2.45, 2.75) is 44.2 Å². The Bertz CT molecular complexity index is 536. The van der Waals surface area contributed by atoms with Gasteiger partial charge in [-0.05, 0) is 18.3 Å². The van der Waals surface area contributed by atoms with Crippen LogP contribution in [-0.2, 0) is 16.1 Å². The summed E-state index contributed by atoms with van der Waals surface area (Å²) in [4.78, 5) is 0. The molecule has 17 heavy (non-hydrogen) atoms. The quantitative estimate of drug-likeness (QED) is 0.776. The Morgan fingerprint density at radius 1 is 1.41 bits per heavy atom. The van der Waals surface area contributed by atoms with Crippen molar-refractivity contribution < 1.29 is 8.42 Å². The predicted molar refractivity (Wildman–Crippen MR) is 64.4 cm³/mol. The number of halogens is 1. The fourth-order valence-electron chi connectivity index (χ4n) is 2.65. The van der Waals surface area contributed by atoms with E-state index in [9.17, 15) is 8.42 Å². The predicted octanol–water partition coefficient (Wildman–Crippen LogP) is 2.04. The second kappa shape index (κ2) is 3.95. The summed E-state index contributed by atoms with van der Waals surface area (Å²) in [7, 11) is 3.14. The van der Waals surface area contributed by atoms with Gasteiger partial charge in [0, 0.05) is 23.6 Å². The van der Waals surface area contributed by atoms with Crippen molar-refractivity contribution in [3.8, 4) is 0 Å². The molecule has 1 aliphatic rings. The summed E-state index contributed by atoms with van der Waals surface area (Å²) in [5, 5.41) is 7.53. The van der Waals surface area contributed by atoms with Crippen LogP contribution in [0.2, 0.25) is 0 Å². The van der Waals surface area contributed by atoms with Crippen molar-refractivity contribution in [3.63, 3.8) is 0 Å². The Hall–Kier alpha value is -0.620. The molecule has 0 N–H and O–H groups in total. The summed E-state index contributed by atoms with van der Waals surface area (Å²) in [6, 6.07) is 0. The highest BCUT2D eigenvalue weighted by molar-refractivity contribution is 8.13. The van der Waals surface area contributed by atoms with Gasteiger partial charge in [-0.3, -0.25) is 0 Å². The Morgan fingerprint density at radius 2 is 2.06 bits per heavy atom. The van der Waals surface area contributed by atoms with Crippen LogP contribution < -0.4 is 0 Å². The lowest BCUT2D eigenvalue weighted by Gasteiger charge is -2.25. The first-order valence-corrected chi connectivity index (χ1v) is 7.88. The highest BCUT2D eigenvalue weighted by Gasteiger charge is 2.39. The molecule has 0 spiro atoms. The van der Waals surface area contributed by atoms with Gasteiger partial charge in [0.2, 0.25) is 0 Å². The normalized spacial score (nSPS) is 24.1. The summed E-state index contributed by atoms with van der Waals surface area (Å²) in [6.07, 6.45) is 3.27. The van der Waals surface area contributed by atoms with Gasteiger partial charge < -0.3 is 4.57 Å². The lowest BCUT2D eigenvalue weighted by molar-refractivity contribution is 0.316. The molecule has 1 atom stereocenters. The molecule has 1 heterocycles. The zero-order valence-electron chi connectivity index (χ0n) is 10.1. The van der Waals surface area contributed by atoms with Crippen molar-refractivity contribution in [1.29, 1.82) is 0 Å². The summed E-state index contributed by atoms with van der Waals surface area (Å²) >= 11 is 0. The van der Waals surface area contributed by atoms with Crippen LogP contribution in [0.4, 0.5) is 0 Å². The Labute approximate surface area is 106 Å². The maximum atomic E-state index is 11.3. The minimum Gasteiger partial charge on any atom is -0.304 e. The van der Waals surface area contributed by atoms with Crippen molar-refractivity contribution in [2.75, 3.05) is 0 Å². The monoisotopic (exact) mass is 277 g/mol. The van der Waals surface area contributed by atoms with Gasteiger partial charge in [0.25, 0.3) is 14.2 Å². The number of rotatable bonds is 2. The number of nitrogens with zero attached hydrogens (tertiary/aromatic N) is 3. The van der Waals surface area contributed by atoms with E-state index in [1.807, 2.05) is 0 Å². The van der Waals surface area contributed by atoms with Gasteiger partial charge >= 0.3 is 0 Å². The third-order valence-electron chi connectivity index (χ3n) is 3.66. The molecule has 2 rings (SSSR count). The average Bonchev–Trinajstić information content (AvgIpc) is 2.67. The zero-order valence-corrected chi connectivity index (χ0v) is 11.7. The van der Waals surface area contributed by atoms with E-state index in [0.29, 0.717) is 5.82 Å². The molecular weight excluding hydrogens is 262 g/mol. The minimum absolute atomic E-state index is 0.133. The molecule has 7 heteroatoms. The van der Waals surface area contributed by atoms with E-state index in [1.165, 1.54) is 4.57 Å². The highest BCUT2D eigenvalue weighted by atomic mass is 35.7. The van der Waals surface area contributed by atoms with E-state index < -0.39 is 9.05 Å². The average molecular weight is 278 g/mol. The standard InChI is InChI=1S/C10H16ClN3O2S/c1-10(2)6-4-5-7(10)8-12-13-9(14(8)3)17(11,15)16/h7H,4-6H2,1-3H3. The lowest BCUT2D eigenvalue weighted by atomic mass is 9.81. The third-order valence-corrected chi connectivity index (χ3v) is 4.86. The van der Waals surface area contributed by atoms with Crippen LogP contribution in [0.1, 0.15) is 44.9 Å². The molecule has 1 unspecified atom stereocenters. The maximum Gasteiger partial charge on any atom is 0.296 e. The largest absolute Gasteiger partial charge is 0.304 e. The Balaban J connectivity index is 2.46. The van der Waals surface area contributed by atoms with Crippen LogP contribution in [0.5, 0.6) is 0 Å². The van der Waals surface area contributed by atoms with Gasteiger partial charge in [0.1, 0.15) is 5.82 Å². The molecule has 96 valence electrons. The lowest BCUT2D eigenvalue weighted by Crippen LogP contribution is -2.19. The van der Waals surface area contributed by atoms with Gasteiger partial charge in [-0.25, -0.2) is 8.42 Å². The highest BCUT2D eigenvalue weighted by Crippen LogP contribution is 2.48. The number of aromatic nitrogens is 3. The summed E-state index contributed by atoms with van der Waals surface area (Å²) < 4.78 is 24.1. The molecule has 1 fully saturated rings. The van der Waals surface area contributed by atoms with E-state index in [0.717, 1.165) is 19.3 Å². The second-order valence-corrected chi connectivity index (χ2v) is 7.73. The second-order valence-electron chi connectivity index (χ2n) is 5.27. The molecule has 0 amide bonds. The van der Waals surface area contributed by atoms with Crippen molar-refractivity contribution in [3.05, 3.63) is 5.82 Å². The molecule has 5 nitrogen and oxygen atoms in total. The molecule has 1 aromatic heterocycles. The fourth-order valence-corrected chi connectivity index (χ4v) is 3.61. The van der Waals surface area contributed by atoms with Crippen LogP contribution >= 0.6 is 10.7 Å². The van der Waals surface area contributed by atoms with E-state index in [1.54, 1.807) is 7.05 Å². The smallest absolute Gasteiger partial charge is 0.296 e. The first kappa shape index (κ1) is 12.8. The van der Waals surface area contributed by atoms with Gasteiger partial charge in [-0.1, -0.05) is 20.3 Å². The van der Waals surface area contributed by atoms with Gasteiger partial charge in [0.15, 0.2) is 0 Å². The zero-order chi connectivity index (χ0) is 12.8. The fraction of sp³-hybridized carbons (Fsp3) is 0.800. The van der Waals surface area contributed by atoms with E-state index in [4.69, 9.17) is 10.7 Å². The molecular formula is C10H16ClN3O2S. The summed E-state index contributed by atoms with van der Waals surface area (Å²) in [6.45, 7) is 4.35. The minimum atomic E-state index is -3.82. The van der Waals surface area contributed by atoms with E-state index >= 15 is 0 Å². The summed E-state index contributed by atoms with van der Waals surface area (Å²) in [5.74, 6) is 0.957. The molecule has 0 saturated heterocycles. The van der Waals surface area contributed by atoms with Crippen LogP contribution in [0, 0.1) is 5.41 Å².